The predicted octanol–water partition coefficient (Wildman–Crippen LogP) is 2.42. The Morgan fingerprint density at radius 2 is 2.10 bits per heavy atom. The highest BCUT2D eigenvalue weighted by atomic mass is 19.4. The number of nitrogens with zero attached hydrogens (tertiary/aromatic N) is 1. The van der Waals surface area contributed by atoms with E-state index in [4.69, 9.17) is 15.7 Å². The number of nitrogens with two attached hydrogens (primary N) is 1. The summed E-state index contributed by atoms with van der Waals surface area (Å²) in [5.74, 6) is -2.53. The first-order chi connectivity index (χ1) is 9.40. The van der Waals surface area contributed by atoms with Crippen molar-refractivity contribution in [3.63, 3.8) is 0 Å². The molecule has 1 aromatic rings. The lowest BCUT2D eigenvalue weighted by Crippen LogP contribution is -2.40. The van der Waals surface area contributed by atoms with Crippen LogP contribution in [-0.2, 0) is 0 Å². The molecular formula is C12H16F3N3O2. The Morgan fingerprint density at radius 3 is 2.65 bits per heavy atom. The van der Waals surface area contributed by atoms with Crippen molar-refractivity contribution >= 4 is 11.5 Å². The van der Waals surface area contributed by atoms with Crippen molar-refractivity contribution in [2.24, 2.45) is 16.8 Å². The first-order valence-corrected chi connectivity index (χ1v) is 5.90. The van der Waals surface area contributed by atoms with E-state index in [1.807, 2.05) is 0 Å². The number of para-hydroxylation sites is 2. The molecule has 0 bridgehead atoms. The summed E-state index contributed by atoms with van der Waals surface area (Å²) < 4.78 is 43.6. The first kappa shape index (κ1) is 15.9. The Bertz CT molecular complexity index is 464. The Labute approximate surface area is 114 Å². The molecule has 0 aliphatic carbocycles. The molecule has 1 unspecified atom stereocenters. The fourth-order valence-corrected chi connectivity index (χ4v) is 1.56. The molecule has 112 valence electrons. The third kappa shape index (κ3) is 4.22. The second kappa shape index (κ2) is 6.88. The highest BCUT2D eigenvalue weighted by Gasteiger charge is 2.42. The highest BCUT2D eigenvalue weighted by molar-refractivity contribution is 5.83. The van der Waals surface area contributed by atoms with Crippen LogP contribution < -0.4 is 15.8 Å². The van der Waals surface area contributed by atoms with E-state index in [0.29, 0.717) is 18.0 Å². The van der Waals surface area contributed by atoms with Crippen molar-refractivity contribution < 1.29 is 23.1 Å². The zero-order valence-corrected chi connectivity index (χ0v) is 10.8. The Kier molecular flexibility index (Phi) is 5.48. The smallest absolute Gasteiger partial charge is 0.400 e. The summed E-state index contributed by atoms with van der Waals surface area (Å²) in [7, 11) is 0. The summed E-state index contributed by atoms with van der Waals surface area (Å²) in [6.07, 6.45) is -4.61. The van der Waals surface area contributed by atoms with Gasteiger partial charge in [-0.3, -0.25) is 0 Å². The van der Waals surface area contributed by atoms with Crippen LogP contribution in [0.2, 0.25) is 0 Å². The molecule has 0 aromatic heterocycles. The van der Waals surface area contributed by atoms with E-state index < -0.39 is 24.5 Å². The van der Waals surface area contributed by atoms with Crippen LogP contribution in [0.1, 0.15) is 6.92 Å². The maximum absolute atomic E-state index is 12.8. The minimum Gasteiger partial charge on any atom is -0.492 e. The molecule has 0 aliphatic heterocycles. The van der Waals surface area contributed by atoms with Crippen LogP contribution in [0.4, 0.5) is 18.9 Å². The fraction of sp³-hybridized carbons (Fsp3) is 0.417. The normalized spacial score (nSPS) is 13.9. The molecule has 0 saturated heterocycles. The molecule has 0 aliphatic rings. The van der Waals surface area contributed by atoms with Crippen LogP contribution in [0, 0.1) is 5.92 Å². The SMILES string of the molecule is CCOc1ccccc1NCC(/C(N)=N/O)C(F)(F)F. The number of hydrogen-bond acceptors (Lipinski definition) is 4. The number of nitrogens with one attached hydrogen (secondary N) is 1. The van der Waals surface area contributed by atoms with E-state index in [0.717, 1.165) is 0 Å². The van der Waals surface area contributed by atoms with E-state index in [1.165, 1.54) is 0 Å². The van der Waals surface area contributed by atoms with Gasteiger partial charge in [-0.25, -0.2) is 0 Å². The van der Waals surface area contributed by atoms with Gasteiger partial charge in [-0.1, -0.05) is 17.3 Å². The predicted molar refractivity (Wildman–Crippen MR) is 69.1 cm³/mol. The lowest BCUT2D eigenvalue weighted by molar-refractivity contribution is -0.152. The van der Waals surface area contributed by atoms with Gasteiger partial charge >= 0.3 is 6.18 Å². The summed E-state index contributed by atoms with van der Waals surface area (Å²) in [5, 5.41) is 13.4. The van der Waals surface area contributed by atoms with Gasteiger partial charge in [0.25, 0.3) is 0 Å². The third-order valence-electron chi connectivity index (χ3n) is 2.55. The molecule has 1 atom stereocenters. The lowest BCUT2D eigenvalue weighted by Gasteiger charge is -2.20. The molecule has 0 amide bonds. The van der Waals surface area contributed by atoms with Crippen LogP contribution in [0.3, 0.4) is 0 Å². The van der Waals surface area contributed by atoms with Crippen LogP contribution in [-0.4, -0.2) is 30.4 Å². The summed E-state index contributed by atoms with van der Waals surface area (Å²) >= 11 is 0. The average molecular weight is 291 g/mol. The van der Waals surface area contributed by atoms with Crippen molar-refractivity contribution in [2.45, 2.75) is 13.1 Å². The standard InChI is InChI=1S/C12H16F3N3O2/c1-2-20-10-6-4-3-5-9(10)17-7-8(11(16)18-19)12(13,14)15/h3-6,8,17,19H,2,7H2,1H3,(H2,16,18). The lowest BCUT2D eigenvalue weighted by atomic mass is 10.1. The Morgan fingerprint density at radius 1 is 1.45 bits per heavy atom. The number of amidine groups is 1. The van der Waals surface area contributed by atoms with E-state index in [2.05, 4.69) is 10.5 Å². The molecule has 8 heteroatoms. The van der Waals surface area contributed by atoms with Gasteiger partial charge in [0.15, 0.2) is 5.84 Å². The molecule has 0 radical (unpaired) electrons. The number of benzene rings is 1. The number of alkyl halides is 3. The molecular weight excluding hydrogens is 275 g/mol. The molecule has 4 N–H and O–H groups in total. The van der Waals surface area contributed by atoms with Crippen molar-refractivity contribution in [3.8, 4) is 5.75 Å². The molecule has 5 nitrogen and oxygen atoms in total. The van der Waals surface area contributed by atoms with Crippen molar-refractivity contribution in [3.05, 3.63) is 24.3 Å². The van der Waals surface area contributed by atoms with Gasteiger partial charge in [0.05, 0.1) is 12.3 Å². The third-order valence-corrected chi connectivity index (χ3v) is 2.55. The molecule has 0 fully saturated rings. The Balaban J connectivity index is 2.83. The molecule has 0 heterocycles. The summed E-state index contributed by atoms with van der Waals surface area (Å²) in [6, 6.07) is 6.60. The summed E-state index contributed by atoms with van der Waals surface area (Å²) in [6.45, 7) is 1.61. The number of halogens is 3. The largest absolute Gasteiger partial charge is 0.492 e. The quantitative estimate of drug-likeness (QED) is 0.325. The minimum atomic E-state index is -4.61. The zero-order chi connectivity index (χ0) is 15.2. The summed E-state index contributed by atoms with van der Waals surface area (Å²) in [5.41, 5.74) is 5.48. The number of ether oxygens (including phenoxy) is 1. The topological polar surface area (TPSA) is 79.9 Å². The maximum Gasteiger partial charge on any atom is 0.400 e. The van der Waals surface area contributed by atoms with Gasteiger partial charge < -0.3 is 21.0 Å². The number of anilines is 1. The van der Waals surface area contributed by atoms with Crippen LogP contribution in [0.25, 0.3) is 0 Å². The van der Waals surface area contributed by atoms with E-state index >= 15 is 0 Å². The zero-order valence-electron chi connectivity index (χ0n) is 10.8. The monoisotopic (exact) mass is 291 g/mol. The molecule has 1 rings (SSSR count). The second-order valence-corrected chi connectivity index (χ2v) is 3.93. The Hall–Kier alpha value is -2.12. The molecule has 20 heavy (non-hydrogen) atoms. The van der Waals surface area contributed by atoms with E-state index in [-0.39, 0.29) is 0 Å². The molecule has 1 aromatic carbocycles. The number of hydrogen-bond donors (Lipinski definition) is 3. The van der Waals surface area contributed by atoms with Crippen LogP contribution in [0.5, 0.6) is 5.75 Å². The minimum absolute atomic E-state index is 0.391. The maximum atomic E-state index is 12.8. The van der Waals surface area contributed by atoms with Crippen LogP contribution >= 0.6 is 0 Å². The molecule has 0 saturated carbocycles. The van der Waals surface area contributed by atoms with Gasteiger partial charge in [0.2, 0.25) is 0 Å². The van der Waals surface area contributed by atoms with E-state index in [9.17, 15) is 13.2 Å². The van der Waals surface area contributed by atoms with Gasteiger partial charge in [0.1, 0.15) is 11.7 Å². The van der Waals surface area contributed by atoms with E-state index in [1.54, 1.807) is 31.2 Å². The van der Waals surface area contributed by atoms with Crippen LogP contribution in [0.15, 0.2) is 29.4 Å². The van der Waals surface area contributed by atoms with Crippen molar-refractivity contribution in [1.29, 1.82) is 0 Å². The van der Waals surface area contributed by atoms with Crippen molar-refractivity contribution in [2.75, 3.05) is 18.5 Å². The average Bonchev–Trinajstić information content (AvgIpc) is 2.39. The number of rotatable bonds is 6. The van der Waals surface area contributed by atoms with Crippen molar-refractivity contribution in [1.82, 2.24) is 0 Å². The van der Waals surface area contributed by atoms with Gasteiger partial charge in [0, 0.05) is 6.54 Å². The summed E-state index contributed by atoms with van der Waals surface area (Å²) in [4.78, 5) is 0. The number of oxime groups is 1. The van der Waals surface area contributed by atoms with Gasteiger partial charge in [-0.2, -0.15) is 13.2 Å². The highest BCUT2D eigenvalue weighted by Crippen LogP contribution is 2.29. The van der Waals surface area contributed by atoms with Gasteiger partial charge in [-0.05, 0) is 19.1 Å². The van der Waals surface area contributed by atoms with Gasteiger partial charge in [-0.15, -0.1) is 0 Å². The first-order valence-electron chi connectivity index (χ1n) is 5.90. The molecule has 0 spiro atoms. The second-order valence-electron chi connectivity index (χ2n) is 3.93. The fourth-order valence-electron chi connectivity index (χ4n) is 1.56.